The summed E-state index contributed by atoms with van der Waals surface area (Å²) < 4.78 is 0. The van der Waals surface area contributed by atoms with Gasteiger partial charge in [-0.05, 0) is 55.5 Å². The first-order valence-corrected chi connectivity index (χ1v) is 9.07. The van der Waals surface area contributed by atoms with Gasteiger partial charge in [0.1, 0.15) is 0 Å². The Balaban J connectivity index is 1.76. The van der Waals surface area contributed by atoms with Crippen LogP contribution in [0.5, 0.6) is 0 Å². The number of fused-ring (bicyclic) bond motifs is 2. The molecule has 1 heterocycles. The molecule has 4 rings (SSSR count). The maximum atomic E-state index is 12.6. The van der Waals surface area contributed by atoms with Crippen molar-refractivity contribution in [1.29, 1.82) is 0 Å². The Morgan fingerprint density at radius 3 is 2.27 bits per heavy atom. The second-order valence-corrected chi connectivity index (χ2v) is 8.06. The molecule has 0 N–H and O–H groups in total. The predicted molar refractivity (Wildman–Crippen MR) is 105 cm³/mol. The summed E-state index contributed by atoms with van der Waals surface area (Å²) in [7, 11) is 2.13. The monoisotopic (exact) mass is 345 g/mol. The van der Waals surface area contributed by atoms with Crippen LogP contribution in [0.1, 0.15) is 65.0 Å². The Morgan fingerprint density at radius 1 is 1.04 bits per heavy atom. The quantitative estimate of drug-likeness (QED) is 0.546. The number of Topliss-reactive ketones (excluding diaryl/α,β-unsaturated/α-hetero) is 2. The molecule has 0 amide bonds. The smallest absolute Gasteiger partial charge is 0.197 e. The van der Waals surface area contributed by atoms with Crippen LogP contribution in [0.4, 0.5) is 5.69 Å². The molecule has 1 aliphatic carbocycles. The Kier molecular flexibility index (Phi) is 3.65. The Hall–Kier alpha value is -2.68. The van der Waals surface area contributed by atoms with Crippen molar-refractivity contribution < 1.29 is 9.59 Å². The summed E-state index contributed by atoms with van der Waals surface area (Å²) in [6.45, 7) is 6.76. The topological polar surface area (TPSA) is 37.4 Å². The van der Waals surface area contributed by atoms with Crippen molar-refractivity contribution in [3.05, 3.63) is 70.3 Å². The molecule has 2 aromatic rings. The van der Waals surface area contributed by atoms with Gasteiger partial charge in [-0.25, -0.2) is 0 Å². The highest BCUT2D eigenvalue weighted by Crippen LogP contribution is 2.43. The molecule has 3 nitrogen and oxygen atoms in total. The van der Waals surface area contributed by atoms with Gasteiger partial charge in [0.25, 0.3) is 0 Å². The fourth-order valence-electron chi connectivity index (χ4n) is 4.26. The van der Waals surface area contributed by atoms with Gasteiger partial charge in [0.2, 0.25) is 0 Å². The lowest BCUT2D eigenvalue weighted by Crippen LogP contribution is -2.45. The van der Waals surface area contributed by atoms with Gasteiger partial charge in [-0.2, -0.15) is 0 Å². The van der Waals surface area contributed by atoms with Crippen LogP contribution >= 0.6 is 0 Å². The summed E-state index contributed by atoms with van der Waals surface area (Å²) in [5.74, 6) is 0.0889. The van der Waals surface area contributed by atoms with Crippen LogP contribution in [-0.4, -0.2) is 24.2 Å². The normalized spacial score (nSPS) is 20.8. The van der Waals surface area contributed by atoms with Crippen molar-refractivity contribution in [3.8, 4) is 0 Å². The van der Waals surface area contributed by atoms with E-state index in [0.29, 0.717) is 17.0 Å². The molecule has 3 heteroatoms. The largest absolute Gasteiger partial charge is 0.369 e. The maximum Gasteiger partial charge on any atom is 0.197 e. The molecule has 0 radical (unpaired) electrons. The highest BCUT2D eigenvalue weighted by atomic mass is 16.2. The molecule has 132 valence electrons. The van der Waals surface area contributed by atoms with Crippen molar-refractivity contribution in [2.45, 2.75) is 38.6 Å². The molecule has 0 spiro atoms. The molecule has 0 bridgehead atoms. The van der Waals surface area contributed by atoms with E-state index in [1.165, 1.54) is 11.3 Å². The van der Waals surface area contributed by atoms with E-state index in [1.807, 2.05) is 6.07 Å². The minimum atomic E-state index is -0.172. The third-order valence-electron chi connectivity index (χ3n) is 5.87. The maximum absolute atomic E-state index is 12.6. The van der Waals surface area contributed by atoms with E-state index >= 15 is 0 Å². The van der Waals surface area contributed by atoms with Crippen molar-refractivity contribution in [2.75, 3.05) is 11.9 Å². The molecular formula is C23H23NO2. The summed E-state index contributed by atoms with van der Waals surface area (Å²) in [5, 5.41) is 0. The summed E-state index contributed by atoms with van der Waals surface area (Å²) in [5.41, 5.74) is 4.82. The summed E-state index contributed by atoms with van der Waals surface area (Å²) >= 11 is 0. The zero-order valence-corrected chi connectivity index (χ0v) is 15.7. The molecule has 2 aliphatic rings. The Morgan fingerprint density at radius 2 is 1.65 bits per heavy atom. The average Bonchev–Trinajstić information content (AvgIpc) is 2.85. The Labute approximate surface area is 154 Å². The van der Waals surface area contributed by atoms with E-state index in [-0.39, 0.29) is 22.7 Å². The standard InChI is InChI=1S/C23H23NO2/c1-14-13-23(2,3)24(4)20-10-9-15(11-18(14)20)12-19-21(25)16-7-5-6-8-17(16)22(19)26/h5-12,14H,13H2,1-4H3/t14-/m1/s1. The van der Waals surface area contributed by atoms with Crippen molar-refractivity contribution >= 4 is 23.3 Å². The van der Waals surface area contributed by atoms with Crippen LogP contribution in [0.25, 0.3) is 6.08 Å². The second kappa shape index (κ2) is 5.66. The fraction of sp³-hybridized carbons (Fsp3) is 0.304. The van der Waals surface area contributed by atoms with E-state index in [4.69, 9.17) is 0 Å². The average molecular weight is 345 g/mol. The molecule has 1 aliphatic heterocycles. The first-order chi connectivity index (χ1) is 12.3. The third-order valence-corrected chi connectivity index (χ3v) is 5.87. The number of nitrogens with zero attached hydrogens (tertiary/aromatic N) is 1. The molecule has 0 fully saturated rings. The molecule has 2 aromatic carbocycles. The molecule has 0 unspecified atom stereocenters. The first-order valence-electron chi connectivity index (χ1n) is 9.07. The number of allylic oxidation sites excluding steroid dienone is 1. The minimum absolute atomic E-state index is 0.116. The lowest BCUT2D eigenvalue weighted by molar-refractivity contribution is 0.0990. The zero-order valence-electron chi connectivity index (χ0n) is 15.7. The van der Waals surface area contributed by atoms with Crippen LogP contribution in [-0.2, 0) is 0 Å². The molecule has 0 aromatic heterocycles. The van der Waals surface area contributed by atoms with Crippen molar-refractivity contribution in [3.63, 3.8) is 0 Å². The van der Waals surface area contributed by atoms with E-state index in [0.717, 1.165) is 12.0 Å². The SMILES string of the molecule is C[C@@H]1CC(C)(C)N(C)c2ccc(C=C3C(=O)c4ccccc4C3=O)cc21. The number of benzene rings is 2. The van der Waals surface area contributed by atoms with Crippen molar-refractivity contribution in [2.24, 2.45) is 0 Å². The summed E-state index contributed by atoms with van der Waals surface area (Å²) in [6.07, 6.45) is 2.82. The lowest BCUT2D eigenvalue weighted by Gasteiger charge is -2.45. The highest BCUT2D eigenvalue weighted by Gasteiger charge is 2.35. The third kappa shape index (κ3) is 2.42. The van der Waals surface area contributed by atoms with Gasteiger partial charge in [-0.3, -0.25) is 9.59 Å². The number of carbonyl (C=O) groups excluding carboxylic acids is 2. The number of ketones is 2. The van der Waals surface area contributed by atoms with Gasteiger partial charge in [0.15, 0.2) is 11.6 Å². The van der Waals surface area contributed by atoms with E-state index in [1.54, 1.807) is 30.3 Å². The summed E-state index contributed by atoms with van der Waals surface area (Å²) in [6, 6.07) is 13.3. The van der Waals surface area contributed by atoms with E-state index < -0.39 is 0 Å². The number of hydrogen-bond donors (Lipinski definition) is 0. The minimum Gasteiger partial charge on any atom is -0.369 e. The van der Waals surface area contributed by atoms with Gasteiger partial charge in [0.05, 0.1) is 5.57 Å². The van der Waals surface area contributed by atoms with Gasteiger partial charge in [-0.1, -0.05) is 37.3 Å². The Bertz CT molecular complexity index is 931. The molecule has 1 atom stereocenters. The molecule has 26 heavy (non-hydrogen) atoms. The van der Waals surface area contributed by atoms with Crippen LogP contribution in [0, 0.1) is 0 Å². The van der Waals surface area contributed by atoms with Crippen LogP contribution in [0.3, 0.4) is 0 Å². The predicted octanol–water partition coefficient (Wildman–Crippen LogP) is 4.87. The molecular weight excluding hydrogens is 322 g/mol. The van der Waals surface area contributed by atoms with E-state index in [2.05, 4.69) is 44.9 Å². The first kappa shape index (κ1) is 16.8. The van der Waals surface area contributed by atoms with Gasteiger partial charge >= 0.3 is 0 Å². The van der Waals surface area contributed by atoms with Gasteiger partial charge < -0.3 is 4.90 Å². The number of carbonyl (C=O) groups is 2. The van der Waals surface area contributed by atoms with Gasteiger partial charge in [0, 0.05) is 29.4 Å². The lowest BCUT2D eigenvalue weighted by atomic mass is 9.80. The zero-order chi connectivity index (χ0) is 18.6. The fourth-order valence-corrected chi connectivity index (χ4v) is 4.26. The second-order valence-electron chi connectivity index (χ2n) is 8.06. The van der Waals surface area contributed by atoms with Crippen LogP contribution in [0.15, 0.2) is 48.0 Å². The van der Waals surface area contributed by atoms with Gasteiger partial charge in [-0.15, -0.1) is 0 Å². The molecule has 0 saturated carbocycles. The molecule has 0 saturated heterocycles. The number of hydrogen-bond acceptors (Lipinski definition) is 3. The highest BCUT2D eigenvalue weighted by molar-refractivity contribution is 6.41. The number of anilines is 1. The number of rotatable bonds is 1. The van der Waals surface area contributed by atoms with Crippen molar-refractivity contribution in [1.82, 2.24) is 0 Å². The van der Waals surface area contributed by atoms with Crippen LogP contribution < -0.4 is 4.90 Å². The summed E-state index contributed by atoms with van der Waals surface area (Å²) in [4.78, 5) is 27.5. The van der Waals surface area contributed by atoms with Crippen LogP contribution in [0.2, 0.25) is 0 Å². The van der Waals surface area contributed by atoms with E-state index in [9.17, 15) is 9.59 Å².